The predicted octanol–water partition coefficient (Wildman–Crippen LogP) is 4.42. The monoisotopic (exact) mass is 347 g/mol. The molecule has 24 heavy (non-hydrogen) atoms. The summed E-state index contributed by atoms with van der Waals surface area (Å²) in [4.78, 5) is 2.47. The molecule has 0 radical (unpaired) electrons. The summed E-state index contributed by atoms with van der Waals surface area (Å²) >= 11 is 0. The van der Waals surface area contributed by atoms with E-state index in [1.165, 1.54) is 11.1 Å². The molecule has 0 N–H and O–H groups in total. The Bertz CT molecular complexity index is 528. The Kier molecular flexibility index (Phi) is 6.81. The Hall–Kier alpha value is -0.943. The normalized spacial score (nSPS) is 18.0. The summed E-state index contributed by atoms with van der Waals surface area (Å²) in [6.45, 7) is 16.9. The molecule has 1 aliphatic rings. The van der Waals surface area contributed by atoms with Crippen molar-refractivity contribution in [1.82, 2.24) is 4.90 Å². The van der Waals surface area contributed by atoms with Crippen LogP contribution in [0, 0.1) is 0 Å². The van der Waals surface area contributed by atoms with E-state index in [1.807, 2.05) is 0 Å². The van der Waals surface area contributed by atoms with Crippen LogP contribution in [0.5, 0.6) is 0 Å². The molecule has 3 nitrogen and oxygen atoms in total. The Balaban J connectivity index is 2.09. The van der Waals surface area contributed by atoms with Crippen LogP contribution in [0.25, 0.3) is 6.08 Å². The fraction of sp³-hybridized carbons (Fsp3) is 0.600. The van der Waals surface area contributed by atoms with E-state index >= 15 is 0 Å². The first-order valence-electron chi connectivity index (χ1n) is 8.96. The van der Waals surface area contributed by atoms with Crippen LogP contribution in [0.3, 0.4) is 0 Å². The summed E-state index contributed by atoms with van der Waals surface area (Å²) in [5.41, 5.74) is 2.60. The van der Waals surface area contributed by atoms with Crippen LogP contribution < -0.4 is 0 Å². The molecule has 0 bridgehead atoms. The summed E-state index contributed by atoms with van der Waals surface area (Å²) in [6.07, 6.45) is 2.29. The summed E-state index contributed by atoms with van der Waals surface area (Å²) in [5, 5.41) is 0.240. The highest BCUT2D eigenvalue weighted by Crippen LogP contribution is 2.36. The molecular weight excluding hydrogens is 314 g/mol. The number of hydrogen-bond donors (Lipinski definition) is 0. The third-order valence-electron chi connectivity index (χ3n) is 5.13. The van der Waals surface area contributed by atoms with Crippen molar-refractivity contribution < 1.29 is 9.16 Å². The number of morpholine rings is 1. The lowest BCUT2D eigenvalue weighted by Crippen LogP contribution is -2.42. The molecule has 0 aromatic heterocycles. The SMILES string of the molecule is CC(C)(C)[Si](C)(C)OC/C(=C\c1ccccc1)CN1CCOCC1. The predicted molar refractivity (Wildman–Crippen MR) is 105 cm³/mol. The van der Waals surface area contributed by atoms with Crippen LogP contribution in [-0.2, 0) is 9.16 Å². The maximum absolute atomic E-state index is 6.48. The number of hydrogen-bond acceptors (Lipinski definition) is 3. The van der Waals surface area contributed by atoms with Crippen molar-refractivity contribution in [2.45, 2.75) is 38.9 Å². The van der Waals surface area contributed by atoms with Crippen molar-refractivity contribution in [2.24, 2.45) is 0 Å². The van der Waals surface area contributed by atoms with Crippen LogP contribution in [0.15, 0.2) is 35.9 Å². The van der Waals surface area contributed by atoms with Crippen molar-refractivity contribution in [1.29, 1.82) is 0 Å². The molecule has 0 amide bonds. The van der Waals surface area contributed by atoms with Crippen LogP contribution >= 0.6 is 0 Å². The zero-order valence-corrected chi connectivity index (χ0v) is 17.0. The third kappa shape index (κ3) is 5.85. The molecule has 1 saturated heterocycles. The van der Waals surface area contributed by atoms with Crippen LogP contribution in [0.1, 0.15) is 26.3 Å². The molecule has 134 valence electrons. The third-order valence-corrected chi connectivity index (χ3v) is 9.60. The average Bonchev–Trinajstić information content (AvgIpc) is 2.53. The first kappa shape index (κ1) is 19.4. The van der Waals surface area contributed by atoms with E-state index in [0.717, 1.165) is 39.5 Å². The van der Waals surface area contributed by atoms with E-state index in [-0.39, 0.29) is 5.04 Å². The average molecular weight is 348 g/mol. The molecule has 0 saturated carbocycles. The Morgan fingerprint density at radius 3 is 2.38 bits per heavy atom. The smallest absolute Gasteiger partial charge is 0.192 e. The topological polar surface area (TPSA) is 21.7 Å². The van der Waals surface area contributed by atoms with Crippen molar-refractivity contribution in [2.75, 3.05) is 39.5 Å². The zero-order chi connectivity index (χ0) is 17.6. The van der Waals surface area contributed by atoms with Gasteiger partial charge >= 0.3 is 0 Å². The van der Waals surface area contributed by atoms with Gasteiger partial charge in [0.2, 0.25) is 0 Å². The van der Waals surface area contributed by atoms with Gasteiger partial charge in [-0.3, -0.25) is 4.90 Å². The molecule has 1 fully saturated rings. The molecule has 0 unspecified atom stereocenters. The highest BCUT2D eigenvalue weighted by Gasteiger charge is 2.37. The van der Waals surface area contributed by atoms with Gasteiger partial charge in [-0.1, -0.05) is 57.2 Å². The minimum atomic E-state index is -1.73. The van der Waals surface area contributed by atoms with Gasteiger partial charge in [-0.25, -0.2) is 0 Å². The van der Waals surface area contributed by atoms with Gasteiger partial charge < -0.3 is 9.16 Å². The molecule has 4 heteroatoms. The fourth-order valence-corrected chi connectivity index (χ4v) is 3.43. The van der Waals surface area contributed by atoms with Crippen LogP contribution in [-0.4, -0.2) is 52.7 Å². The number of ether oxygens (including phenoxy) is 1. The molecule has 0 atom stereocenters. The van der Waals surface area contributed by atoms with E-state index in [0.29, 0.717) is 0 Å². The van der Waals surface area contributed by atoms with Crippen molar-refractivity contribution >= 4 is 14.4 Å². The van der Waals surface area contributed by atoms with Crippen LogP contribution in [0.2, 0.25) is 18.1 Å². The largest absolute Gasteiger partial charge is 0.413 e. The van der Waals surface area contributed by atoms with E-state index in [9.17, 15) is 0 Å². The summed E-state index contributed by atoms with van der Waals surface area (Å²) in [6, 6.07) is 10.6. The molecule has 2 rings (SSSR count). The molecular formula is C20H33NO2Si. The second kappa shape index (κ2) is 8.43. The molecule has 1 heterocycles. The van der Waals surface area contributed by atoms with Gasteiger partial charge in [0.1, 0.15) is 0 Å². The molecule has 1 aliphatic heterocycles. The van der Waals surface area contributed by atoms with Crippen molar-refractivity contribution in [3.63, 3.8) is 0 Å². The first-order chi connectivity index (χ1) is 11.3. The van der Waals surface area contributed by atoms with E-state index in [4.69, 9.17) is 9.16 Å². The molecule has 0 spiro atoms. The summed E-state index contributed by atoms with van der Waals surface area (Å²) in [7, 11) is -1.73. The van der Waals surface area contributed by atoms with E-state index in [1.54, 1.807) is 0 Å². The lowest BCUT2D eigenvalue weighted by Gasteiger charge is -2.37. The first-order valence-corrected chi connectivity index (χ1v) is 11.9. The van der Waals surface area contributed by atoms with Crippen LogP contribution in [0.4, 0.5) is 0 Å². The van der Waals surface area contributed by atoms with Gasteiger partial charge in [-0.05, 0) is 29.3 Å². The van der Waals surface area contributed by atoms with Gasteiger partial charge in [0.25, 0.3) is 0 Å². The number of rotatable bonds is 6. The van der Waals surface area contributed by atoms with E-state index in [2.05, 4.69) is 75.2 Å². The quantitative estimate of drug-likeness (QED) is 0.711. The lowest BCUT2D eigenvalue weighted by atomic mass is 10.1. The molecule has 0 aliphatic carbocycles. The number of nitrogens with zero attached hydrogens (tertiary/aromatic N) is 1. The van der Waals surface area contributed by atoms with E-state index < -0.39 is 8.32 Å². The van der Waals surface area contributed by atoms with Gasteiger partial charge in [-0.2, -0.15) is 0 Å². The van der Waals surface area contributed by atoms with Gasteiger partial charge in [0.15, 0.2) is 8.32 Å². The van der Waals surface area contributed by atoms with Crippen molar-refractivity contribution in [3.8, 4) is 0 Å². The second-order valence-electron chi connectivity index (χ2n) is 8.15. The maximum atomic E-state index is 6.48. The molecule has 1 aromatic rings. The van der Waals surface area contributed by atoms with Gasteiger partial charge in [0.05, 0.1) is 19.8 Å². The number of benzene rings is 1. The minimum Gasteiger partial charge on any atom is -0.413 e. The maximum Gasteiger partial charge on any atom is 0.192 e. The molecule has 1 aromatic carbocycles. The lowest BCUT2D eigenvalue weighted by molar-refractivity contribution is 0.0414. The minimum absolute atomic E-state index is 0.240. The van der Waals surface area contributed by atoms with Gasteiger partial charge in [-0.15, -0.1) is 0 Å². The standard InChI is InChI=1S/C20H33NO2Si/c1-20(2,3)24(4,5)23-17-19(15-18-9-7-6-8-10-18)16-21-11-13-22-14-12-21/h6-10,15H,11-14,16-17H2,1-5H3/b19-15-. The Morgan fingerprint density at radius 2 is 1.79 bits per heavy atom. The Labute approximate surface area is 148 Å². The van der Waals surface area contributed by atoms with Crippen molar-refractivity contribution in [3.05, 3.63) is 41.5 Å². The zero-order valence-electron chi connectivity index (χ0n) is 16.0. The van der Waals surface area contributed by atoms with Gasteiger partial charge in [0, 0.05) is 19.6 Å². The second-order valence-corrected chi connectivity index (χ2v) is 13.0. The Morgan fingerprint density at radius 1 is 1.17 bits per heavy atom. The highest BCUT2D eigenvalue weighted by molar-refractivity contribution is 6.74. The summed E-state index contributed by atoms with van der Waals surface area (Å²) in [5.74, 6) is 0. The fourth-order valence-electron chi connectivity index (χ4n) is 2.45. The summed E-state index contributed by atoms with van der Waals surface area (Å²) < 4.78 is 12.0. The highest BCUT2D eigenvalue weighted by atomic mass is 28.4.